The number of benzene rings is 2. The lowest BCUT2D eigenvalue weighted by Gasteiger charge is -2.31. The predicted molar refractivity (Wildman–Crippen MR) is 124 cm³/mol. The van der Waals surface area contributed by atoms with E-state index in [4.69, 9.17) is 13.6 Å². The van der Waals surface area contributed by atoms with E-state index in [0.717, 1.165) is 16.0 Å². The Morgan fingerprint density at radius 3 is 2.76 bits per heavy atom. The average molecular weight is 465 g/mol. The average Bonchev–Trinajstić information content (AvgIpc) is 3.06. The van der Waals surface area contributed by atoms with Crippen molar-refractivity contribution in [3.05, 3.63) is 77.0 Å². The zero-order valence-corrected chi connectivity index (χ0v) is 18.6. The van der Waals surface area contributed by atoms with Gasteiger partial charge in [-0.1, -0.05) is 36.9 Å². The lowest BCUT2D eigenvalue weighted by atomic mass is 10.0. The minimum atomic E-state index is -2.34. The monoisotopic (exact) mass is 464 g/mol. The van der Waals surface area contributed by atoms with Crippen molar-refractivity contribution in [2.75, 3.05) is 19.8 Å². The summed E-state index contributed by atoms with van der Waals surface area (Å²) in [6.45, 7) is 3.09. The first-order valence-electron chi connectivity index (χ1n) is 12.7. The number of hydrogen-bond donors (Lipinski definition) is 1. The number of nitrogens with zero attached hydrogens (tertiary/aromatic N) is 2. The molecule has 3 aliphatic heterocycles. The summed E-state index contributed by atoms with van der Waals surface area (Å²) in [4.78, 5) is 40.5. The summed E-state index contributed by atoms with van der Waals surface area (Å²) < 4.78 is 37.0. The number of carbonyl (C=O) groups is 3. The van der Waals surface area contributed by atoms with Crippen LogP contribution in [0.25, 0.3) is 0 Å². The summed E-state index contributed by atoms with van der Waals surface area (Å²) >= 11 is 0. The van der Waals surface area contributed by atoms with Crippen molar-refractivity contribution in [2.45, 2.75) is 38.5 Å². The molecule has 0 aliphatic carbocycles. The normalized spacial score (nSPS) is 23.2. The molecule has 0 saturated carbocycles. The van der Waals surface area contributed by atoms with Crippen LogP contribution < -0.4 is 10.1 Å². The SMILES string of the molecule is [2H]c1ccc2c(c1OCc1ccc(CN3CCOCC3=O)cc1)C([2H])([2H])N(C1CCC(=C)NC1=O)C2=O. The van der Waals surface area contributed by atoms with Crippen molar-refractivity contribution < 1.29 is 28.0 Å². The number of allylic oxidation sites excluding steroid dienone is 1. The lowest BCUT2D eigenvalue weighted by Crippen LogP contribution is -2.49. The molecular weight excluding hydrogens is 434 g/mol. The van der Waals surface area contributed by atoms with Gasteiger partial charge in [0.1, 0.15) is 25.0 Å². The molecule has 3 heterocycles. The van der Waals surface area contributed by atoms with Gasteiger partial charge in [0.05, 0.1) is 17.2 Å². The van der Waals surface area contributed by atoms with E-state index < -0.39 is 24.4 Å². The number of rotatable bonds is 6. The Hall–Kier alpha value is -3.65. The predicted octanol–water partition coefficient (Wildman–Crippen LogP) is 2.37. The van der Waals surface area contributed by atoms with Crippen molar-refractivity contribution in [2.24, 2.45) is 0 Å². The molecule has 2 aromatic carbocycles. The number of amides is 3. The van der Waals surface area contributed by atoms with Crippen LogP contribution in [0.3, 0.4) is 0 Å². The highest BCUT2D eigenvalue weighted by molar-refractivity contribution is 6.02. The zero-order valence-electron chi connectivity index (χ0n) is 21.6. The third-order valence-electron chi connectivity index (χ3n) is 6.14. The second kappa shape index (κ2) is 9.30. The van der Waals surface area contributed by atoms with Crippen molar-refractivity contribution in [1.29, 1.82) is 0 Å². The molecule has 0 spiro atoms. The minimum Gasteiger partial charge on any atom is -0.489 e. The van der Waals surface area contributed by atoms with Gasteiger partial charge in [-0.3, -0.25) is 14.4 Å². The molecule has 3 aliphatic rings. The quantitative estimate of drug-likeness (QED) is 0.709. The molecule has 8 heteroatoms. The summed E-state index contributed by atoms with van der Waals surface area (Å²) in [5.74, 6) is -1.16. The molecule has 1 atom stereocenters. The molecule has 34 heavy (non-hydrogen) atoms. The third-order valence-corrected chi connectivity index (χ3v) is 6.14. The van der Waals surface area contributed by atoms with E-state index in [1.165, 1.54) is 12.1 Å². The van der Waals surface area contributed by atoms with Crippen LogP contribution >= 0.6 is 0 Å². The molecule has 0 radical (unpaired) electrons. The summed E-state index contributed by atoms with van der Waals surface area (Å²) in [5.41, 5.74) is 2.31. The summed E-state index contributed by atoms with van der Waals surface area (Å²) in [7, 11) is 0. The number of morpholine rings is 1. The molecule has 5 rings (SSSR count). The van der Waals surface area contributed by atoms with E-state index in [-0.39, 0.29) is 48.5 Å². The van der Waals surface area contributed by atoms with E-state index >= 15 is 0 Å². The second-order valence-electron chi connectivity index (χ2n) is 8.50. The van der Waals surface area contributed by atoms with E-state index in [9.17, 15) is 14.4 Å². The smallest absolute Gasteiger partial charge is 0.255 e. The highest BCUT2D eigenvalue weighted by atomic mass is 16.5. The highest BCUT2D eigenvalue weighted by Crippen LogP contribution is 2.34. The molecule has 8 nitrogen and oxygen atoms in total. The van der Waals surface area contributed by atoms with E-state index in [2.05, 4.69) is 11.9 Å². The summed E-state index contributed by atoms with van der Waals surface area (Å²) in [5, 5.41) is 2.61. The summed E-state index contributed by atoms with van der Waals surface area (Å²) in [6.07, 6.45) is 0.700. The van der Waals surface area contributed by atoms with Gasteiger partial charge in [-0.05, 0) is 36.1 Å². The van der Waals surface area contributed by atoms with Crippen LogP contribution in [0.1, 0.15) is 44.0 Å². The number of hydrogen-bond acceptors (Lipinski definition) is 5. The molecule has 2 aromatic rings. The topological polar surface area (TPSA) is 88.2 Å². The maximum absolute atomic E-state index is 13.2. The zero-order chi connectivity index (χ0) is 26.3. The second-order valence-corrected chi connectivity index (χ2v) is 8.50. The van der Waals surface area contributed by atoms with Gasteiger partial charge < -0.3 is 24.6 Å². The van der Waals surface area contributed by atoms with Gasteiger partial charge in [-0.2, -0.15) is 0 Å². The van der Waals surface area contributed by atoms with Crippen molar-refractivity contribution in [3.8, 4) is 5.75 Å². The largest absolute Gasteiger partial charge is 0.489 e. The Bertz CT molecular complexity index is 1280. The van der Waals surface area contributed by atoms with Crippen molar-refractivity contribution in [3.63, 3.8) is 0 Å². The molecule has 176 valence electrons. The van der Waals surface area contributed by atoms with E-state index in [0.29, 0.717) is 31.8 Å². The molecular formula is C26H27N3O5. The third kappa shape index (κ3) is 4.41. The van der Waals surface area contributed by atoms with Gasteiger partial charge in [0, 0.05) is 29.9 Å². The number of nitrogens with one attached hydrogen (secondary N) is 1. The number of carbonyl (C=O) groups excluding carboxylic acids is 3. The van der Waals surface area contributed by atoms with Gasteiger partial charge in [0.25, 0.3) is 5.91 Å². The van der Waals surface area contributed by atoms with Gasteiger partial charge in [-0.15, -0.1) is 0 Å². The summed E-state index contributed by atoms with van der Waals surface area (Å²) in [6, 6.07) is 9.23. The number of ether oxygens (including phenoxy) is 2. The van der Waals surface area contributed by atoms with Crippen LogP contribution in [0, 0.1) is 0 Å². The fraction of sp³-hybridized carbons (Fsp3) is 0.346. The maximum atomic E-state index is 13.2. The van der Waals surface area contributed by atoms with Gasteiger partial charge in [-0.25, -0.2) is 0 Å². The van der Waals surface area contributed by atoms with Gasteiger partial charge in [0.15, 0.2) is 0 Å². The Morgan fingerprint density at radius 1 is 1.21 bits per heavy atom. The highest BCUT2D eigenvalue weighted by Gasteiger charge is 2.39. The number of piperidine rings is 1. The fourth-order valence-corrected chi connectivity index (χ4v) is 4.24. The Morgan fingerprint density at radius 2 is 2.00 bits per heavy atom. The Balaban J connectivity index is 1.34. The maximum Gasteiger partial charge on any atom is 0.255 e. The van der Waals surface area contributed by atoms with Crippen LogP contribution in [-0.2, 0) is 34.0 Å². The first kappa shape index (κ1) is 18.7. The van der Waals surface area contributed by atoms with Crippen LogP contribution in [-0.4, -0.2) is 53.3 Å². The number of fused-ring (bicyclic) bond motifs is 1. The van der Waals surface area contributed by atoms with Crippen molar-refractivity contribution in [1.82, 2.24) is 15.1 Å². The van der Waals surface area contributed by atoms with Gasteiger partial charge >= 0.3 is 0 Å². The molecule has 1 unspecified atom stereocenters. The molecule has 1 N–H and O–H groups in total. The van der Waals surface area contributed by atoms with Crippen LogP contribution in [0.2, 0.25) is 0 Å². The molecule has 2 fully saturated rings. The van der Waals surface area contributed by atoms with Crippen molar-refractivity contribution >= 4 is 17.7 Å². The van der Waals surface area contributed by atoms with Crippen LogP contribution in [0.4, 0.5) is 0 Å². The molecule has 3 amide bonds. The molecule has 0 aromatic heterocycles. The first-order valence-corrected chi connectivity index (χ1v) is 11.2. The van der Waals surface area contributed by atoms with Gasteiger partial charge in [0.2, 0.25) is 11.8 Å². The Kier molecular flexibility index (Phi) is 5.13. The van der Waals surface area contributed by atoms with Crippen LogP contribution in [0.15, 0.2) is 54.7 Å². The van der Waals surface area contributed by atoms with E-state index in [1.807, 2.05) is 24.3 Å². The molecule has 0 bridgehead atoms. The first-order chi connectivity index (χ1) is 17.7. The standard InChI is InChI=1S/C26H27N3O5/c1-17-5-10-22(25(31)27-17)29-14-21-20(26(29)32)3-2-4-23(21)34-15-19-8-6-18(7-9-19)13-28-11-12-33-16-24(28)30/h2-4,6-9,22H,1,5,10-16H2,(H,27,31)/i4D,14D2. The Labute approximate surface area is 202 Å². The fourth-order valence-electron chi connectivity index (χ4n) is 4.24. The van der Waals surface area contributed by atoms with Crippen LogP contribution in [0.5, 0.6) is 5.75 Å². The minimum absolute atomic E-state index is 0.0260. The van der Waals surface area contributed by atoms with E-state index in [1.54, 1.807) is 4.90 Å². The molecule has 2 saturated heterocycles. The lowest BCUT2D eigenvalue weighted by molar-refractivity contribution is -0.143.